The predicted octanol–water partition coefficient (Wildman–Crippen LogP) is 3.57. The van der Waals surface area contributed by atoms with Gasteiger partial charge in [0, 0.05) is 50.3 Å². The lowest BCUT2D eigenvalue weighted by atomic mass is 10.1. The van der Waals surface area contributed by atoms with Crippen molar-refractivity contribution in [3.8, 4) is 5.69 Å². The molecule has 2 heterocycles. The van der Waals surface area contributed by atoms with Gasteiger partial charge in [-0.2, -0.15) is 4.31 Å². The summed E-state index contributed by atoms with van der Waals surface area (Å²) >= 11 is 0. The molecule has 1 amide bonds. The number of amides is 1. The van der Waals surface area contributed by atoms with E-state index in [2.05, 4.69) is 4.98 Å². The maximum absolute atomic E-state index is 13.1. The lowest BCUT2D eigenvalue weighted by Crippen LogP contribution is -2.50. The van der Waals surface area contributed by atoms with Crippen LogP contribution in [0.4, 0.5) is 0 Å². The lowest BCUT2D eigenvalue weighted by Gasteiger charge is -2.33. The number of hydrogen-bond acceptors (Lipinski definition) is 4. The largest absolute Gasteiger partial charge is 0.337 e. The fourth-order valence-electron chi connectivity index (χ4n) is 4.07. The van der Waals surface area contributed by atoms with E-state index in [1.165, 1.54) is 4.31 Å². The Hall–Kier alpha value is -3.75. The second-order valence-corrected chi connectivity index (χ2v) is 10.1. The maximum Gasteiger partial charge on any atom is 0.246 e. The fraction of sp³-hybridized carbons (Fsp3) is 0.154. The number of aromatic nitrogens is 2. The first-order valence-electron chi connectivity index (χ1n) is 11.0. The van der Waals surface area contributed by atoms with Crippen LogP contribution in [0.1, 0.15) is 5.56 Å². The van der Waals surface area contributed by atoms with E-state index in [0.717, 1.165) is 22.0 Å². The van der Waals surface area contributed by atoms with E-state index in [0.29, 0.717) is 13.1 Å². The van der Waals surface area contributed by atoms with Gasteiger partial charge in [-0.25, -0.2) is 13.4 Å². The molecule has 1 aliphatic heterocycles. The first-order valence-corrected chi connectivity index (χ1v) is 12.5. The van der Waals surface area contributed by atoms with Crippen molar-refractivity contribution in [2.24, 2.45) is 0 Å². The quantitative estimate of drug-likeness (QED) is 0.416. The van der Waals surface area contributed by atoms with Gasteiger partial charge < -0.3 is 9.47 Å². The number of benzene rings is 3. The normalized spacial score (nSPS) is 15.2. The van der Waals surface area contributed by atoms with Crippen molar-refractivity contribution in [2.75, 3.05) is 26.2 Å². The summed E-state index contributed by atoms with van der Waals surface area (Å²) in [6.07, 6.45) is 8.64. The molecule has 4 aromatic rings. The Bertz CT molecular complexity index is 1440. The maximum atomic E-state index is 13.1. The van der Waals surface area contributed by atoms with E-state index in [4.69, 9.17) is 0 Å². The number of rotatable bonds is 5. The Kier molecular flexibility index (Phi) is 6.00. The first kappa shape index (κ1) is 22.1. The first-order chi connectivity index (χ1) is 16.5. The summed E-state index contributed by atoms with van der Waals surface area (Å²) in [4.78, 5) is 18.7. The number of fused-ring (bicyclic) bond motifs is 1. The highest BCUT2D eigenvalue weighted by molar-refractivity contribution is 7.89. The number of imidazole rings is 1. The van der Waals surface area contributed by atoms with Gasteiger partial charge >= 0.3 is 0 Å². The number of nitrogens with zero attached hydrogens (tertiary/aromatic N) is 4. The number of hydrogen-bond donors (Lipinski definition) is 0. The van der Waals surface area contributed by atoms with Gasteiger partial charge in [-0.05, 0) is 46.7 Å². The molecule has 0 N–H and O–H groups in total. The minimum Gasteiger partial charge on any atom is -0.337 e. The summed E-state index contributed by atoms with van der Waals surface area (Å²) in [5, 5.41) is 1.89. The third-order valence-corrected chi connectivity index (χ3v) is 7.92. The molecule has 0 spiro atoms. The zero-order valence-corrected chi connectivity index (χ0v) is 19.3. The molecule has 1 fully saturated rings. The molecule has 0 saturated carbocycles. The van der Waals surface area contributed by atoms with Gasteiger partial charge in [0.05, 0.1) is 11.2 Å². The van der Waals surface area contributed by atoms with E-state index in [1.54, 1.807) is 41.7 Å². The summed E-state index contributed by atoms with van der Waals surface area (Å²) in [6.45, 7) is 1.26. The Labute approximate surface area is 198 Å². The number of carbonyl (C=O) groups is 1. The third-order valence-electron chi connectivity index (χ3n) is 6.02. The molecule has 3 aromatic carbocycles. The molecule has 0 atom stereocenters. The molecule has 0 radical (unpaired) electrons. The highest BCUT2D eigenvalue weighted by atomic mass is 32.2. The van der Waals surface area contributed by atoms with Gasteiger partial charge in [0.2, 0.25) is 15.9 Å². The lowest BCUT2D eigenvalue weighted by molar-refractivity contribution is -0.127. The van der Waals surface area contributed by atoms with Crippen LogP contribution in [-0.4, -0.2) is 59.3 Å². The highest BCUT2D eigenvalue weighted by Gasteiger charge is 2.29. The molecule has 5 rings (SSSR count). The van der Waals surface area contributed by atoms with Crippen molar-refractivity contribution in [2.45, 2.75) is 4.90 Å². The van der Waals surface area contributed by atoms with Gasteiger partial charge in [0.25, 0.3) is 0 Å². The van der Waals surface area contributed by atoms with Crippen LogP contribution in [0, 0.1) is 0 Å². The molecule has 1 saturated heterocycles. The molecule has 34 heavy (non-hydrogen) atoms. The summed E-state index contributed by atoms with van der Waals surface area (Å²) in [7, 11) is -3.61. The minimum absolute atomic E-state index is 0.124. The number of piperazine rings is 1. The van der Waals surface area contributed by atoms with Gasteiger partial charge in [-0.15, -0.1) is 0 Å². The Morgan fingerprint density at radius 3 is 2.32 bits per heavy atom. The average Bonchev–Trinajstić information content (AvgIpc) is 3.42. The van der Waals surface area contributed by atoms with E-state index in [-0.39, 0.29) is 23.9 Å². The molecular formula is C26H24N4O3S. The van der Waals surface area contributed by atoms with Crippen LogP contribution in [0.5, 0.6) is 0 Å². The van der Waals surface area contributed by atoms with Crippen LogP contribution in [0.25, 0.3) is 22.5 Å². The predicted molar refractivity (Wildman–Crippen MR) is 132 cm³/mol. The third kappa shape index (κ3) is 4.50. The Balaban J connectivity index is 1.20. The summed E-state index contributed by atoms with van der Waals surface area (Å²) in [5.74, 6) is -0.124. The summed E-state index contributed by atoms with van der Waals surface area (Å²) < 4.78 is 29.6. The summed E-state index contributed by atoms with van der Waals surface area (Å²) in [6, 6.07) is 20.7. The SMILES string of the molecule is O=C(/C=C/c1ccc(-n2ccnc2)cc1)N1CCN(S(=O)(=O)c2ccc3ccccc3c2)CC1. The number of carbonyl (C=O) groups excluding carboxylic acids is 1. The minimum atomic E-state index is -3.61. The van der Waals surface area contributed by atoms with Crippen LogP contribution < -0.4 is 0 Å². The van der Waals surface area contributed by atoms with Crippen molar-refractivity contribution < 1.29 is 13.2 Å². The monoisotopic (exact) mass is 472 g/mol. The fourth-order valence-corrected chi connectivity index (χ4v) is 5.53. The van der Waals surface area contributed by atoms with Crippen molar-refractivity contribution >= 4 is 32.8 Å². The smallest absolute Gasteiger partial charge is 0.246 e. The van der Waals surface area contributed by atoms with Crippen LogP contribution >= 0.6 is 0 Å². The Morgan fingerprint density at radius 1 is 0.882 bits per heavy atom. The van der Waals surface area contributed by atoms with Crippen molar-refractivity contribution in [3.63, 3.8) is 0 Å². The van der Waals surface area contributed by atoms with Gasteiger partial charge in [-0.3, -0.25) is 4.79 Å². The zero-order valence-electron chi connectivity index (χ0n) is 18.5. The molecular weight excluding hydrogens is 448 g/mol. The molecule has 1 aliphatic rings. The molecule has 7 nitrogen and oxygen atoms in total. The van der Waals surface area contributed by atoms with E-state index in [1.807, 2.05) is 65.4 Å². The molecule has 0 bridgehead atoms. The second kappa shape index (κ2) is 9.24. The number of sulfonamides is 1. The molecule has 172 valence electrons. The van der Waals surface area contributed by atoms with Crippen LogP contribution in [-0.2, 0) is 14.8 Å². The van der Waals surface area contributed by atoms with Crippen LogP contribution in [0.2, 0.25) is 0 Å². The zero-order chi connectivity index (χ0) is 23.5. The molecule has 0 aliphatic carbocycles. The molecule has 0 unspecified atom stereocenters. The van der Waals surface area contributed by atoms with E-state index in [9.17, 15) is 13.2 Å². The highest BCUT2D eigenvalue weighted by Crippen LogP contribution is 2.23. The standard InChI is InChI=1S/C26H24N4O3S/c31-26(12-7-21-5-9-24(10-6-21)29-14-13-27-20-29)28-15-17-30(18-16-28)34(32,33)25-11-8-22-3-1-2-4-23(22)19-25/h1-14,19-20H,15-18H2/b12-7+. The van der Waals surface area contributed by atoms with Crippen LogP contribution in [0.3, 0.4) is 0 Å². The van der Waals surface area contributed by atoms with Crippen molar-refractivity contribution in [1.82, 2.24) is 18.8 Å². The summed E-state index contributed by atoms with van der Waals surface area (Å²) in [5.41, 5.74) is 1.90. The average molecular weight is 473 g/mol. The van der Waals surface area contributed by atoms with Crippen molar-refractivity contribution in [1.29, 1.82) is 0 Å². The second-order valence-electron chi connectivity index (χ2n) is 8.13. The topological polar surface area (TPSA) is 75.5 Å². The van der Waals surface area contributed by atoms with Crippen LogP contribution in [0.15, 0.2) is 96.4 Å². The Morgan fingerprint density at radius 2 is 1.62 bits per heavy atom. The van der Waals surface area contributed by atoms with E-state index < -0.39 is 10.0 Å². The molecule has 8 heteroatoms. The van der Waals surface area contributed by atoms with Gasteiger partial charge in [0.1, 0.15) is 0 Å². The van der Waals surface area contributed by atoms with Gasteiger partial charge in [-0.1, -0.05) is 42.5 Å². The van der Waals surface area contributed by atoms with E-state index >= 15 is 0 Å². The van der Waals surface area contributed by atoms with Crippen molar-refractivity contribution in [3.05, 3.63) is 97.1 Å². The van der Waals surface area contributed by atoms with Gasteiger partial charge in [0.15, 0.2) is 0 Å². The molecule has 1 aromatic heterocycles.